The molecular formula is C25H27N3O3S. The Morgan fingerprint density at radius 2 is 1.78 bits per heavy atom. The van der Waals surface area contributed by atoms with Gasteiger partial charge in [0, 0.05) is 35.3 Å². The normalized spacial score (nSPS) is 14.2. The number of amides is 2. The van der Waals surface area contributed by atoms with Gasteiger partial charge < -0.3 is 20.7 Å². The molecule has 3 N–H and O–H groups in total. The molecule has 2 heterocycles. The molecule has 7 heteroatoms. The van der Waals surface area contributed by atoms with Crippen LogP contribution in [0.5, 0.6) is 5.75 Å². The summed E-state index contributed by atoms with van der Waals surface area (Å²) in [5.74, 6) is 0.174. The molecule has 0 spiro atoms. The zero-order chi connectivity index (χ0) is 22.5. The predicted molar refractivity (Wildman–Crippen MR) is 129 cm³/mol. The lowest BCUT2D eigenvalue weighted by Gasteiger charge is -2.32. The van der Waals surface area contributed by atoms with E-state index in [4.69, 9.17) is 10.5 Å². The van der Waals surface area contributed by atoms with Crippen LogP contribution in [-0.2, 0) is 4.79 Å². The van der Waals surface area contributed by atoms with Crippen LogP contribution in [0.4, 0.5) is 11.4 Å². The fourth-order valence-electron chi connectivity index (χ4n) is 3.91. The maximum Gasteiger partial charge on any atom is 0.269 e. The maximum atomic E-state index is 13.0. The quantitative estimate of drug-likeness (QED) is 0.544. The van der Waals surface area contributed by atoms with E-state index in [2.05, 4.69) is 10.2 Å². The maximum absolute atomic E-state index is 13.0. The molecule has 4 rings (SSSR count). The van der Waals surface area contributed by atoms with E-state index >= 15 is 0 Å². The summed E-state index contributed by atoms with van der Waals surface area (Å²) in [5, 5.41) is 2.99. The lowest BCUT2D eigenvalue weighted by Crippen LogP contribution is -2.38. The molecule has 0 aliphatic carbocycles. The highest BCUT2D eigenvalue weighted by Crippen LogP contribution is 2.37. The molecular weight excluding hydrogens is 422 g/mol. The lowest BCUT2D eigenvalue weighted by molar-refractivity contribution is -0.122. The van der Waals surface area contributed by atoms with E-state index < -0.39 is 0 Å². The van der Waals surface area contributed by atoms with Gasteiger partial charge in [-0.15, -0.1) is 11.3 Å². The second kappa shape index (κ2) is 9.87. The van der Waals surface area contributed by atoms with Gasteiger partial charge in [-0.05, 0) is 55.7 Å². The minimum Gasteiger partial charge on any atom is -0.492 e. The molecule has 2 amide bonds. The van der Waals surface area contributed by atoms with E-state index in [0.29, 0.717) is 17.2 Å². The highest BCUT2D eigenvalue weighted by molar-refractivity contribution is 7.17. The van der Waals surface area contributed by atoms with Crippen LogP contribution in [-0.4, -0.2) is 31.5 Å². The molecule has 32 heavy (non-hydrogen) atoms. The van der Waals surface area contributed by atoms with Crippen LogP contribution in [0, 0.1) is 5.92 Å². The molecule has 1 aliphatic rings. The van der Waals surface area contributed by atoms with E-state index in [-0.39, 0.29) is 17.7 Å². The van der Waals surface area contributed by atoms with Crippen molar-refractivity contribution in [3.8, 4) is 16.2 Å². The number of ether oxygens (including phenoxy) is 1. The predicted octanol–water partition coefficient (Wildman–Crippen LogP) is 4.77. The highest BCUT2D eigenvalue weighted by atomic mass is 32.1. The molecule has 0 radical (unpaired) electrons. The molecule has 1 aromatic heterocycles. The molecule has 166 valence electrons. The number of nitrogens with two attached hydrogens (primary N) is 1. The molecule has 0 saturated carbocycles. The summed E-state index contributed by atoms with van der Waals surface area (Å²) in [6.07, 6.45) is 1.55. The minimum atomic E-state index is -0.210. The molecule has 1 aliphatic heterocycles. The number of benzene rings is 2. The van der Waals surface area contributed by atoms with Crippen molar-refractivity contribution in [1.29, 1.82) is 0 Å². The number of hydrogen-bond acceptors (Lipinski definition) is 5. The number of anilines is 2. The van der Waals surface area contributed by atoms with E-state index in [0.717, 1.165) is 47.7 Å². The first-order chi connectivity index (χ1) is 15.5. The summed E-state index contributed by atoms with van der Waals surface area (Å²) >= 11 is 1.43. The largest absolute Gasteiger partial charge is 0.492 e. The Labute approximate surface area is 192 Å². The SMILES string of the molecule is CCOc1cc(-c2ccccc2)sc1C(=O)Nc1ccc(N2CCC(C(N)=O)CC2)cc1. The van der Waals surface area contributed by atoms with Crippen molar-refractivity contribution >= 4 is 34.5 Å². The Kier molecular flexibility index (Phi) is 6.75. The first kappa shape index (κ1) is 21.9. The third-order valence-corrected chi connectivity index (χ3v) is 6.81. The molecule has 0 atom stereocenters. The summed E-state index contributed by atoms with van der Waals surface area (Å²) < 4.78 is 5.73. The number of thiophene rings is 1. The highest BCUT2D eigenvalue weighted by Gasteiger charge is 2.23. The molecule has 3 aromatic rings. The monoisotopic (exact) mass is 449 g/mol. The Morgan fingerprint density at radius 1 is 1.09 bits per heavy atom. The molecule has 6 nitrogen and oxygen atoms in total. The van der Waals surface area contributed by atoms with E-state index in [9.17, 15) is 9.59 Å². The number of hydrogen-bond donors (Lipinski definition) is 2. The van der Waals surface area contributed by atoms with Gasteiger partial charge in [-0.2, -0.15) is 0 Å². The third-order valence-electron chi connectivity index (χ3n) is 5.65. The van der Waals surface area contributed by atoms with Gasteiger partial charge in [0.2, 0.25) is 5.91 Å². The number of rotatable bonds is 7. The van der Waals surface area contributed by atoms with Crippen molar-refractivity contribution in [3.63, 3.8) is 0 Å². The van der Waals surface area contributed by atoms with Gasteiger partial charge in [0.25, 0.3) is 5.91 Å². The Morgan fingerprint density at radius 3 is 2.41 bits per heavy atom. The van der Waals surface area contributed by atoms with Crippen LogP contribution in [0.25, 0.3) is 10.4 Å². The molecule has 1 saturated heterocycles. The molecule has 0 unspecified atom stereocenters. The minimum absolute atomic E-state index is 0.0316. The first-order valence-corrected chi connectivity index (χ1v) is 11.6. The van der Waals surface area contributed by atoms with Crippen molar-refractivity contribution in [1.82, 2.24) is 0 Å². The van der Waals surface area contributed by atoms with Gasteiger partial charge in [0.05, 0.1) is 6.61 Å². The van der Waals surface area contributed by atoms with Gasteiger partial charge in [-0.1, -0.05) is 30.3 Å². The summed E-state index contributed by atoms with van der Waals surface area (Å²) in [4.78, 5) is 28.2. The van der Waals surface area contributed by atoms with Crippen molar-refractivity contribution in [2.45, 2.75) is 19.8 Å². The standard InChI is InChI=1S/C25H27N3O3S/c1-2-31-21-16-22(17-6-4-3-5-7-17)32-23(21)25(30)27-19-8-10-20(11-9-19)28-14-12-18(13-15-28)24(26)29/h3-11,16,18H,2,12-15H2,1H3,(H2,26,29)(H,27,30). The van der Waals surface area contributed by atoms with E-state index in [1.807, 2.05) is 67.6 Å². The lowest BCUT2D eigenvalue weighted by atomic mass is 9.96. The average molecular weight is 450 g/mol. The van der Waals surface area contributed by atoms with Crippen LogP contribution in [0.2, 0.25) is 0 Å². The molecule has 0 bridgehead atoms. The van der Waals surface area contributed by atoms with Crippen molar-refractivity contribution in [2.75, 3.05) is 29.9 Å². The van der Waals surface area contributed by atoms with Gasteiger partial charge in [-0.25, -0.2) is 0 Å². The average Bonchev–Trinajstić information content (AvgIpc) is 3.25. The Balaban J connectivity index is 1.45. The first-order valence-electron chi connectivity index (χ1n) is 10.8. The van der Waals surface area contributed by atoms with Crippen LogP contribution < -0.4 is 20.7 Å². The second-order valence-corrected chi connectivity index (χ2v) is 8.82. The van der Waals surface area contributed by atoms with Crippen LogP contribution in [0.15, 0.2) is 60.7 Å². The fourth-order valence-corrected chi connectivity index (χ4v) is 4.91. The number of primary amides is 1. The fraction of sp³-hybridized carbons (Fsp3) is 0.280. The van der Waals surface area contributed by atoms with Gasteiger partial charge in [-0.3, -0.25) is 9.59 Å². The van der Waals surface area contributed by atoms with Crippen molar-refractivity contribution in [2.24, 2.45) is 11.7 Å². The molecule has 2 aromatic carbocycles. The topological polar surface area (TPSA) is 84.7 Å². The van der Waals surface area contributed by atoms with E-state index in [1.165, 1.54) is 11.3 Å². The van der Waals surface area contributed by atoms with E-state index in [1.54, 1.807) is 0 Å². The Bertz CT molecular complexity index is 1070. The number of piperidine rings is 1. The van der Waals surface area contributed by atoms with Gasteiger partial charge in [0.1, 0.15) is 10.6 Å². The number of nitrogens with zero attached hydrogens (tertiary/aromatic N) is 1. The number of nitrogens with one attached hydrogen (secondary N) is 1. The zero-order valence-electron chi connectivity index (χ0n) is 18.0. The van der Waals surface area contributed by atoms with Gasteiger partial charge in [0.15, 0.2) is 0 Å². The van der Waals surface area contributed by atoms with Crippen LogP contribution in [0.1, 0.15) is 29.4 Å². The zero-order valence-corrected chi connectivity index (χ0v) is 18.9. The third kappa shape index (κ3) is 4.94. The smallest absolute Gasteiger partial charge is 0.269 e. The summed E-state index contributed by atoms with van der Waals surface area (Å²) in [5.41, 5.74) is 8.28. The van der Waals surface area contributed by atoms with Crippen LogP contribution in [0.3, 0.4) is 0 Å². The Hall–Kier alpha value is -3.32. The summed E-state index contributed by atoms with van der Waals surface area (Å²) in [7, 11) is 0. The molecule has 1 fully saturated rings. The second-order valence-electron chi connectivity index (χ2n) is 7.77. The van der Waals surface area contributed by atoms with Crippen LogP contribution >= 0.6 is 11.3 Å². The summed E-state index contributed by atoms with van der Waals surface area (Å²) in [6.45, 7) is 4.00. The van der Waals surface area contributed by atoms with Gasteiger partial charge >= 0.3 is 0 Å². The van der Waals surface area contributed by atoms with Crippen molar-refractivity contribution in [3.05, 3.63) is 65.5 Å². The number of carbonyl (C=O) groups excluding carboxylic acids is 2. The summed E-state index contributed by atoms with van der Waals surface area (Å²) in [6, 6.07) is 19.7. The van der Waals surface area contributed by atoms with Crippen molar-refractivity contribution < 1.29 is 14.3 Å². The number of carbonyl (C=O) groups is 2.